The van der Waals surface area contributed by atoms with Crippen molar-refractivity contribution in [3.8, 4) is 5.75 Å². The monoisotopic (exact) mass is 387 g/mol. The van der Waals surface area contributed by atoms with Crippen molar-refractivity contribution >= 4 is 39.9 Å². The first-order chi connectivity index (χ1) is 14.1. The van der Waals surface area contributed by atoms with Crippen LogP contribution in [0.5, 0.6) is 5.75 Å². The quantitative estimate of drug-likeness (QED) is 0.443. The number of nitrogens with zero attached hydrogens (tertiary/aromatic N) is 2. The van der Waals surface area contributed by atoms with Crippen molar-refractivity contribution in [2.45, 2.75) is 19.6 Å². The van der Waals surface area contributed by atoms with E-state index in [0.717, 1.165) is 33.5 Å². The molecular formula is C24H25N3O2. The van der Waals surface area contributed by atoms with E-state index in [2.05, 4.69) is 58.8 Å². The van der Waals surface area contributed by atoms with Crippen molar-refractivity contribution in [2.75, 3.05) is 19.0 Å². The molecule has 29 heavy (non-hydrogen) atoms. The highest BCUT2D eigenvalue weighted by Gasteiger charge is 2.14. The number of rotatable bonds is 7. The Morgan fingerprint density at radius 3 is 2.59 bits per heavy atom. The third kappa shape index (κ3) is 3.82. The summed E-state index contributed by atoms with van der Waals surface area (Å²) in [5.74, 6) is 0.786. The SMILES string of the molecule is C=Nc1ccc2c(c1)c1cc(C)ccc1n2CC(O)CNc1cccc(OC)c1. The number of fused-ring (bicyclic) bond motifs is 3. The number of hydrogen-bond donors (Lipinski definition) is 2. The van der Waals surface area contributed by atoms with Crippen LogP contribution in [0.15, 0.2) is 65.7 Å². The summed E-state index contributed by atoms with van der Waals surface area (Å²) in [5, 5.41) is 16.3. The molecule has 0 aliphatic rings. The minimum Gasteiger partial charge on any atom is -0.497 e. The van der Waals surface area contributed by atoms with E-state index in [0.29, 0.717) is 13.1 Å². The molecule has 1 atom stereocenters. The van der Waals surface area contributed by atoms with Gasteiger partial charge in [-0.2, -0.15) is 0 Å². The molecule has 0 bridgehead atoms. The van der Waals surface area contributed by atoms with E-state index in [4.69, 9.17) is 4.74 Å². The number of hydrogen-bond acceptors (Lipinski definition) is 4. The number of aliphatic imine (C=N–C) groups is 1. The zero-order valence-electron chi connectivity index (χ0n) is 16.7. The molecule has 0 aliphatic heterocycles. The lowest BCUT2D eigenvalue weighted by molar-refractivity contribution is 0.169. The van der Waals surface area contributed by atoms with E-state index >= 15 is 0 Å². The van der Waals surface area contributed by atoms with E-state index in [1.807, 2.05) is 30.3 Å². The molecule has 0 aliphatic carbocycles. The van der Waals surface area contributed by atoms with Gasteiger partial charge in [0.05, 0.1) is 25.4 Å². The molecule has 0 saturated heterocycles. The second-order valence-electron chi connectivity index (χ2n) is 7.26. The van der Waals surface area contributed by atoms with Crippen molar-refractivity contribution in [3.63, 3.8) is 0 Å². The Morgan fingerprint density at radius 2 is 1.83 bits per heavy atom. The maximum Gasteiger partial charge on any atom is 0.120 e. The Balaban J connectivity index is 1.63. The van der Waals surface area contributed by atoms with Crippen LogP contribution >= 0.6 is 0 Å². The summed E-state index contributed by atoms with van der Waals surface area (Å²) in [6.45, 7) is 6.65. The van der Waals surface area contributed by atoms with E-state index in [1.54, 1.807) is 7.11 Å². The smallest absolute Gasteiger partial charge is 0.120 e. The molecule has 4 aromatic rings. The predicted molar refractivity (Wildman–Crippen MR) is 121 cm³/mol. The molecule has 4 rings (SSSR count). The lowest BCUT2D eigenvalue weighted by Gasteiger charge is -2.16. The minimum absolute atomic E-state index is 0.437. The number of aryl methyl sites for hydroxylation is 1. The van der Waals surface area contributed by atoms with Gasteiger partial charge in [-0.3, -0.25) is 4.99 Å². The summed E-state index contributed by atoms with van der Waals surface area (Å²) in [4.78, 5) is 4.07. The van der Waals surface area contributed by atoms with Crippen LogP contribution in [-0.2, 0) is 6.54 Å². The van der Waals surface area contributed by atoms with Crippen LogP contribution in [-0.4, -0.2) is 36.1 Å². The van der Waals surface area contributed by atoms with Gasteiger partial charge in [0.15, 0.2) is 0 Å². The molecule has 0 saturated carbocycles. The molecule has 0 spiro atoms. The molecular weight excluding hydrogens is 362 g/mol. The third-order valence-corrected chi connectivity index (χ3v) is 5.19. The number of nitrogens with one attached hydrogen (secondary N) is 1. The van der Waals surface area contributed by atoms with Crippen LogP contribution in [0, 0.1) is 6.92 Å². The molecule has 3 aromatic carbocycles. The van der Waals surface area contributed by atoms with Crippen molar-refractivity contribution in [3.05, 3.63) is 66.2 Å². The summed E-state index contributed by atoms with van der Waals surface area (Å²) < 4.78 is 7.43. The molecule has 0 amide bonds. The minimum atomic E-state index is -0.557. The Kier molecular flexibility index (Phi) is 5.23. The first kappa shape index (κ1) is 19.0. The summed E-state index contributed by atoms with van der Waals surface area (Å²) >= 11 is 0. The molecule has 5 heteroatoms. The van der Waals surface area contributed by atoms with Crippen molar-refractivity contribution in [1.82, 2.24) is 4.57 Å². The molecule has 2 N–H and O–H groups in total. The standard InChI is InChI=1S/C24H25N3O2/c1-16-7-9-23-21(11-16)22-13-17(25-2)8-10-24(22)27(23)15-19(28)14-26-18-5-4-6-20(12-18)29-3/h4-13,19,26,28H,2,14-15H2,1,3H3. The van der Waals surface area contributed by atoms with Crippen molar-refractivity contribution in [2.24, 2.45) is 4.99 Å². The number of methoxy groups -OCH3 is 1. The van der Waals surface area contributed by atoms with Gasteiger partial charge in [-0.25, -0.2) is 0 Å². The van der Waals surface area contributed by atoms with Gasteiger partial charge in [-0.1, -0.05) is 17.7 Å². The van der Waals surface area contributed by atoms with Gasteiger partial charge in [0.2, 0.25) is 0 Å². The zero-order valence-corrected chi connectivity index (χ0v) is 16.7. The molecule has 148 valence electrons. The van der Waals surface area contributed by atoms with Gasteiger partial charge in [-0.15, -0.1) is 0 Å². The first-order valence-corrected chi connectivity index (χ1v) is 9.64. The summed E-state index contributed by atoms with van der Waals surface area (Å²) in [6, 6.07) is 20.2. The number of aromatic nitrogens is 1. The average molecular weight is 387 g/mol. The van der Waals surface area contributed by atoms with Crippen LogP contribution in [0.1, 0.15) is 5.56 Å². The molecule has 1 unspecified atom stereocenters. The fourth-order valence-corrected chi connectivity index (χ4v) is 3.74. The normalized spacial score (nSPS) is 12.2. The number of anilines is 1. The van der Waals surface area contributed by atoms with E-state index in [1.165, 1.54) is 10.9 Å². The Labute approximate surface area is 170 Å². The Morgan fingerprint density at radius 1 is 1.07 bits per heavy atom. The molecule has 1 heterocycles. The lowest BCUT2D eigenvalue weighted by atomic mass is 10.1. The fourth-order valence-electron chi connectivity index (χ4n) is 3.74. The number of benzene rings is 3. The fraction of sp³-hybridized carbons (Fsp3) is 0.208. The topological polar surface area (TPSA) is 58.8 Å². The second kappa shape index (κ2) is 7.97. The number of ether oxygens (including phenoxy) is 1. The van der Waals surface area contributed by atoms with Crippen LogP contribution in [0.2, 0.25) is 0 Å². The largest absolute Gasteiger partial charge is 0.497 e. The summed E-state index contributed by atoms with van der Waals surface area (Å²) in [5.41, 5.74) is 5.15. The van der Waals surface area contributed by atoms with Gasteiger partial charge in [0.1, 0.15) is 5.75 Å². The maximum atomic E-state index is 10.7. The second-order valence-corrected chi connectivity index (χ2v) is 7.26. The number of aliphatic hydroxyl groups is 1. The first-order valence-electron chi connectivity index (χ1n) is 9.64. The van der Waals surface area contributed by atoms with Gasteiger partial charge in [0, 0.05) is 40.1 Å². The average Bonchev–Trinajstić information content (AvgIpc) is 3.04. The lowest BCUT2D eigenvalue weighted by Crippen LogP contribution is -2.24. The van der Waals surface area contributed by atoms with Crippen molar-refractivity contribution in [1.29, 1.82) is 0 Å². The highest BCUT2D eigenvalue weighted by atomic mass is 16.5. The summed E-state index contributed by atoms with van der Waals surface area (Å²) in [7, 11) is 1.64. The van der Waals surface area contributed by atoms with Gasteiger partial charge < -0.3 is 19.7 Å². The predicted octanol–water partition coefficient (Wildman–Crippen LogP) is 4.92. The summed E-state index contributed by atoms with van der Waals surface area (Å²) in [6.07, 6.45) is -0.557. The third-order valence-electron chi connectivity index (χ3n) is 5.19. The molecule has 0 fully saturated rings. The van der Waals surface area contributed by atoms with E-state index in [-0.39, 0.29) is 0 Å². The van der Waals surface area contributed by atoms with E-state index < -0.39 is 6.10 Å². The van der Waals surface area contributed by atoms with Crippen molar-refractivity contribution < 1.29 is 9.84 Å². The van der Waals surface area contributed by atoms with Crippen LogP contribution < -0.4 is 10.1 Å². The van der Waals surface area contributed by atoms with Gasteiger partial charge in [-0.05, 0) is 56.1 Å². The van der Waals surface area contributed by atoms with Crippen LogP contribution in [0.25, 0.3) is 21.8 Å². The van der Waals surface area contributed by atoms with E-state index in [9.17, 15) is 5.11 Å². The Bertz CT molecular complexity index is 1180. The van der Waals surface area contributed by atoms with Crippen LogP contribution in [0.3, 0.4) is 0 Å². The molecule has 0 radical (unpaired) electrons. The highest BCUT2D eigenvalue weighted by molar-refractivity contribution is 6.09. The van der Waals surface area contributed by atoms with Gasteiger partial charge in [0.25, 0.3) is 0 Å². The van der Waals surface area contributed by atoms with Crippen LogP contribution in [0.4, 0.5) is 11.4 Å². The number of aliphatic hydroxyl groups excluding tert-OH is 1. The van der Waals surface area contributed by atoms with Gasteiger partial charge >= 0.3 is 0 Å². The zero-order chi connectivity index (χ0) is 20.4. The highest BCUT2D eigenvalue weighted by Crippen LogP contribution is 2.32. The Hall–Kier alpha value is -3.31. The maximum absolute atomic E-state index is 10.7. The molecule has 5 nitrogen and oxygen atoms in total. The molecule has 1 aromatic heterocycles.